The molecule has 0 bridgehead atoms. The predicted octanol–water partition coefficient (Wildman–Crippen LogP) is 12.9. The Morgan fingerprint density at radius 3 is 1.31 bits per heavy atom. The Bertz CT molecular complexity index is 1230. The monoisotopic (exact) mass is 744 g/mol. The molecular weight excluding hydrogens is 671 g/mol. The molecule has 0 aromatic heterocycles. The first-order valence-corrected chi connectivity index (χ1v) is 20.7. The lowest BCUT2D eigenvalue weighted by atomic mass is 10.0. The number of allylic oxidation sites excluding steroid dienone is 20. The number of rotatable bonds is 35. The van der Waals surface area contributed by atoms with E-state index >= 15 is 0 Å². The first kappa shape index (κ1) is 49.8. The van der Waals surface area contributed by atoms with Crippen molar-refractivity contribution >= 4 is 17.8 Å². The number of carboxylic acid groups (broad SMARTS) is 1. The molecule has 0 fully saturated rings. The molecule has 0 radical (unpaired) electrons. The van der Waals surface area contributed by atoms with Gasteiger partial charge in [-0.05, 0) is 103 Å². The minimum Gasteiger partial charge on any atom is -0.480 e. The SMILES string of the molecule is CC/C=C\C/C=C\C/C=C\C/C=C\C/C=C\C/C=C\CCC(=O)OC(CC/C=C\C/C=C\C/C=C\C/C=C\CC)CCCCCCCC(=O)NCC(=O)O. The number of carboxylic acids is 1. The number of unbranched alkanes of at least 4 members (excludes halogenated alkanes) is 4. The molecule has 0 saturated carbocycles. The fraction of sp³-hybridized carbons (Fsp3) is 0.521. The Labute approximate surface area is 329 Å². The Morgan fingerprint density at radius 2 is 0.870 bits per heavy atom. The quantitative estimate of drug-likeness (QED) is 0.0383. The minimum atomic E-state index is -1.03. The normalized spacial score (nSPS) is 13.4. The van der Waals surface area contributed by atoms with Crippen molar-refractivity contribution in [3.8, 4) is 0 Å². The van der Waals surface area contributed by atoms with Crippen LogP contribution in [-0.2, 0) is 19.1 Å². The zero-order valence-electron chi connectivity index (χ0n) is 33.8. The highest BCUT2D eigenvalue weighted by Gasteiger charge is 2.13. The fourth-order valence-corrected chi connectivity index (χ4v) is 5.18. The topological polar surface area (TPSA) is 92.7 Å². The van der Waals surface area contributed by atoms with Gasteiger partial charge < -0.3 is 15.2 Å². The van der Waals surface area contributed by atoms with E-state index in [-0.39, 0.29) is 24.5 Å². The van der Waals surface area contributed by atoms with Crippen LogP contribution < -0.4 is 5.32 Å². The third-order valence-electron chi connectivity index (χ3n) is 8.15. The van der Waals surface area contributed by atoms with E-state index < -0.39 is 5.97 Å². The summed E-state index contributed by atoms with van der Waals surface area (Å²) in [5.41, 5.74) is 0. The van der Waals surface area contributed by atoms with Crippen LogP contribution in [0.25, 0.3) is 0 Å². The minimum absolute atomic E-state index is 0.100. The molecule has 1 unspecified atom stereocenters. The third-order valence-corrected chi connectivity index (χ3v) is 8.15. The van der Waals surface area contributed by atoms with Crippen molar-refractivity contribution in [2.45, 2.75) is 155 Å². The second kappa shape index (κ2) is 41.6. The average Bonchev–Trinajstić information content (AvgIpc) is 3.16. The van der Waals surface area contributed by atoms with Crippen molar-refractivity contribution in [1.82, 2.24) is 5.32 Å². The molecule has 2 N–H and O–H groups in total. The smallest absolute Gasteiger partial charge is 0.322 e. The number of amides is 1. The van der Waals surface area contributed by atoms with E-state index in [2.05, 4.69) is 141 Å². The number of aliphatic carboxylic acids is 1. The number of carbonyl (C=O) groups is 3. The summed E-state index contributed by atoms with van der Waals surface area (Å²) in [7, 11) is 0. The number of carbonyl (C=O) groups excluding carboxylic acids is 2. The first-order valence-electron chi connectivity index (χ1n) is 20.7. The summed E-state index contributed by atoms with van der Waals surface area (Å²) in [5.74, 6) is -1.39. The molecule has 6 heteroatoms. The molecule has 0 aliphatic rings. The molecule has 0 aromatic rings. The second-order valence-corrected chi connectivity index (χ2v) is 13.1. The van der Waals surface area contributed by atoms with Gasteiger partial charge in [-0.3, -0.25) is 14.4 Å². The molecule has 0 aromatic carbocycles. The molecule has 1 atom stereocenters. The standard InChI is InChI=1S/C48H73NO5/c1-3-5-7-9-11-13-15-17-18-19-20-21-22-24-26-28-30-35-39-43-48(53)54-45(41-37-33-31-34-38-42-46(50)49-44-47(51)52)40-36-32-29-27-25-23-16-14-12-10-8-6-4-2/h5-8,11-14,17-18,20-21,23-26,29-30,32,35,45H,3-4,9-10,15-16,19,22,27-28,31,33-34,36-44H2,1-2H3,(H,49,50)(H,51,52)/b7-5-,8-6-,13-11-,14-12-,18-17-,21-20-,25-23-,26-24-,32-29-,35-30-. The van der Waals surface area contributed by atoms with Crippen molar-refractivity contribution in [3.05, 3.63) is 122 Å². The summed E-state index contributed by atoms with van der Waals surface area (Å²) < 4.78 is 5.93. The molecule has 0 aliphatic heterocycles. The second-order valence-electron chi connectivity index (χ2n) is 13.1. The van der Waals surface area contributed by atoms with Crippen LogP contribution in [0.5, 0.6) is 0 Å². The Kier molecular flexibility index (Phi) is 38.3. The van der Waals surface area contributed by atoms with Gasteiger partial charge in [-0.2, -0.15) is 0 Å². The number of nitrogens with one attached hydrogen (secondary N) is 1. The molecule has 0 saturated heterocycles. The van der Waals surface area contributed by atoms with Crippen molar-refractivity contribution < 1.29 is 24.2 Å². The van der Waals surface area contributed by atoms with Gasteiger partial charge >= 0.3 is 11.9 Å². The van der Waals surface area contributed by atoms with Gasteiger partial charge in [0.25, 0.3) is 0 Å². The fourth-order valence-electron chi connectivity index (χ4n) is 5.18. The van der Waals surface area contributed by atoms with E-state index in [4.69, 9.17) is 9.84 Å². The Morgan fingerprint density at radius 1 is 0.481 bits per heavy atom. The maximum absolute atomic E-state index is 12.7. The lowest BCUT2D eigenvalue weighted by molar-refractivity contribution is -0.149. The van der Waals surface area contributed by atoms with Gasteiger partial charge in [0.05, 0.1) is 0 Å². The molecule has 1 amide bonds. The van der Waals surface area contributed by atoms with Crippen LogP contribution in [0.4, 0.5) is 0 Å². The third kappa shape index (κ3) is 40.6. The summed E-state index contributed by atoms with van der Waals surface area (Å²) >= 11 is 0. The van der Waals surface area contributed by atoms with E-state index in [9.17, 15) is 14.4 Å². The van der Waals surface area contributed by atoms with Crippen LogP contribution >= 0.6 is 0 Å². The summed E-state index contributed by atoms with van der Waals surface area (Å²) in [4.78, 5) is 35.0. The molecule has 0 aliphatic carbocycles. The number of ether oxygens (including phenoxy) is 1. The summed E-state index contributed by atoms with van der Waals surface area (Å²) in [6.07, 6.45) is 61.8. The van der Waals surface area contributed by atoms with Gasteiger partial charge in [0.15, 0.2) is 0 Å². The Hall–Kier alpha value is -4.19. The van der Waals surface area contributed by atoms with Gasteiger partial charge in [-0.15, -0.1) is 0 Å². The van der Waals surface area contributed by atoms with E-state index in [1.165, 1.54) is 0 Å². The number of esters is 1. The van der Waals surface area contributed by atoms with E-state index in [1.807, 2.05) is 0 Å². The highest BCUT2D eigenvalue weighted by molar-refractivity contribution is 5.80. The highest BCUT2D eigenvalue weighted by atomic mass is 16.5. The van der Waals surface area contributed by atoms with Gasteiger partial charge in [0.2, 0.25) is 5.91 Å². The molecule has 6 nitrogen and oxygen atoms in total. The van der Waals surface area contributed by atoms with Crippen LogP contribution in [0.15, 0.2) is 122 Å². The van der Waals surface area contributed by atoms with Gasteiger partial charge in [-0.25, -0.2) is 0 Å². The number of hydrogen-bond acceptors (Lipinski definition) is 4. The van der Waals surface area contributed by atoms with Crippen molar-refractivity contribution in [1.29, 1.82) is 0 Å². The van der Waals surface area contributed by atoms with Crippen molar-refractivity contribution in [2.24, 2.45) is 0 Å². The molecular formula is C48H73NO5. The van der Waals surface area contributed by atoms with E-state index in [0.717, 1.165) is 116 Å². The van der Waals surface area contributed by atoms with Crippen molar-refractivity contribution in [2.75, 3.05) is 6.54 Å². The van der Waals surface area contributed by atoms with Crippen LogP contribution in [0.3, 0.4) is 0 Å². The first-order chi connectivity index (χ1) is 26.5. The molecule has 54 heavy (non-hydrogen) atoms. The summed E-state index contributed by atoms with van der Waals surface area (Å²) in [6.45, 7) is 3.96. The van der Waals surface area contributed by atoms with Crippen LogP contribution in [0.2, 0.25) is 0 Å². The average molecular weight is 744 g/mol. The van der Waals surface area contributed by atoms with Crippen LogP contribution in [0, 0.1) is 0 Å². The van der Waals surface area contributed by atoms with Gasteiger partial charge in [0.1, 0.15) is 12.6 Å². The lowest BCUT2D eigenvalue weighted by Crippen LogP contribution is -2.28. The van der Waals surface area contributed by atoms with Crippen LogP contribution in [0.1, 0.15) is 149 Å². The van der Waals surface area contributed by atoms with Gasteiger partial charge in [-0.1, -0.05) is 155 Å². The molecule has 0 spiro atoms. The summed E-state index contributed by atoms with van der Waals surface area (Å²) in [6, 6.07) is 0. The maximum Gasteiger partial charge on any atom is 0.322 e. The van der Waals surface area contributed by atoms with Gasteiger partial charge in [0, 0.05) is 12.8 Å². The lowest BCUT2D eigenvalue weighted by Gasteiger charge is -2.17. The number of hydrogen-bond donors (Lipinski definition) is 2. The summed E-state index contributed by atoms with van der Waals surface area (Å²) in [5, 5.41) is 11.1. The predicted molar refractivity (Wildman–Crippen MR) is 230 cm³/mol. The van der Waals surface area contributed by atoms with Crippen LogP contribution in [-0.4, -0.2) is 35.6 Å². The zero-order chi connectivity index (χ0) is 39.4. The molecule has 0 heterocycles. The van der Waals surface area contributed by atoms with E-state index in [1.54, 1.807) is 0 Å². The molecule has 300 valence electrons. The Balaban J connectivity index is 4.46. The molecule has 0 rings (SSSR count). The largest absolute Gasteiger partial charge is 0.480 e. The highest BCUT2D eigenvalue weighted by Crippen LogP contribution is 2.16. The maximum atomic E-state index is 12.7. The van der Waals surface area contributed by atoms with Crippen molar-refractivity contribution in [3.63, 3.8) is 0 Å². The zero-order valence-corrected chi connectivity index (χ0v) is 33.8. The van der Waals surface area contributed by atoms with E-state index in [0.29, 0.717) is 19.3 Å².